The van der Waals surface area contributed by atoms with Crippen molar-refractivity contribution in [3.63, 3.8) is 0 Å². The number of carbonyl (C=O) groups is 2. The van der Waals surface area contributed by atoms with E-state index in [2.05, 4.69) is 0 Å². The number of halogens is 4. The molecule has 2 fully saturated rings. The average Bonchev–Trinajstić information content (AvgIpc) is 3.06. The van der Waals surface area contributed by atoms with Crippen molar-refractivity contribution in [2.75, 3.05) is 19.6 Å². The Morgan fingerprint density at radius 2 is 1.76 bits per heavy atom. The van der Waals surface area contributed by atoms with E-state index in [1.807, 2.05) is 13.8 Å². The van der Waals surface area contributed by atoms with Crippen LogP contribution in [-0.4, -0.2) is 64.7 Å². The first-order valence-electron chi connectivity index (χ1n) is 8.44. The second-order valence-electron chi connectivity index (χ2n) is 7.12. The minimum Gasteiger partial charge on any atom is -0.481 e. The molecule has 5 nitrogen and oxygen atoms in total. The van der Waals surface area contributed by atoms with Crippen LogP contribution in [0.5, 0.6) is 0 Å². The highest BCUT2D eigenvalue weighted by Gasteiger charge is 2.52. The van der Waals surface area contributed by atoms with Crippen LogP contribution < -0.4 is 0 Å². The number of hydrogen-bond donors (Lipinski definition) is 1. The number of aliphatic carboxylic acids is 1. The lowest BCUT2D eigenvalue weighted by Gasteiger charge is -2.34. The number of likely N-dealkylation sites (tertiary alicyclic amines) is 1. The van der Waals surface area contributed by atoms with Crippen molar-refractivity contribution in [2.24, 2.45) is 11.8 Å². The molecule has 0 aromatic heterocycles. The number of nitrogens with zero attached hydrogens (tertiary/aromatic N) is 2. The van der Waals surface area contributed by atoms with Gasteiger partial charge in [0.25, 0.3) is 0 Å². The standard InChI is InChI=1S/C16H25F3N2O3.ClH/c1-10(2)21(11-5-3-4-6-11)14(22)9-20-7-12(15(23)24)13(8-20)16(17,18)19;/h10-13H,3-9H2,1-2H3,(H,23,24);1H/t12-,13-;/m1./s1. The molecule has 1 aliphatic carbocycles. The minimum absolute atomic E-state index is 0. The van der Waals surface area contributed by atoms with Crippen molar-refractivity contribution in [3.8, 4) is 0 Å². The molecular weight excluding hydrogens is 361 g/mol. The van der Waals surface area contributed by atoms with E-state index in [9.17, 15) is 22.8 Å². The summed E-state index contributed by atoms with van der Waals surface area (Å²) in [6, 6.07) is 0.130. The summed E-state index contributed by atoms with van der Waals surface area (Å²) in [6.07, 6.45) is -0.603. The molecule has 9 heteroatoms. The molecule has 146 valence electrons. The quantitative estimate of drug-likeness (QED) is 0.789. The minimum atomic E-state index is -4.57. The van der Waals surface area contributed by atoms with Gasteiger partial charge in [-0.2, -0.15) is 13.2 Å². The van der Waals surface area contributed by atoms with E-state index in [-0.39, 0.29) is 43.5 Å². The number of carboxylic acids is 1. The Kier molecular flexibility index (Phi) is 7.55. The lowest BCUT2D eigenvalue weighted by atomic mass is 9.96. The number of hydrogen-bond acceptors (Lipinski definition) is 3. The van der Waals surface area contributed by atoms with Gasteiger partial charge in [-0.3, -0.25) is 14.5 Å². The van der Waals surface area contributed by atoms with Crippen LogP contribution in [0.2, 0.25) is 0 Å². The zero-order valence-corrected chi connectivity index (χ0v) is 15.3. The van der Waals surface area contributed by atoms with Gasteiger partial charge in [-0.1, -0.05) is 12.8 Å². The summed E-state index contributed by atoms with van der Waals surface area (Å²) in [7, 11) is 0. The molecule has 0 aromatic rings. The summed E-state index contributed by atoms with van der Waals surface area (Å²) in [6.45, 7) is 2.99. The van der Waals surface area contributed by atoms with Crippen molar-refractivity contribution in [3.05, 3.63) is 0 Å². The van der Waals surface area contributed by atoms with Gasteiger partial charge in [0.1, 0.15) is 0 Å². The van der Waals surface area contributed by atoms with E-state index in [4.69, 9.17) is 5.11 Å². The molecule has 1 saturated carbocycles. The molecule has 1 N–H and O–H groups in total. The lowest BCUT2D eigenvalue weighted by molar-refractivity contribution is -0.188. The molecule has 1 heterocycles. The van der Waals surface area contributed by atoms with Crippen molar-refractivity contribution in [1.82, 2.24) is 9.80 Å². The van der Waals surface area contributed by atoms with Gasteiger partial charge >= 0.3 is 12.1 Å². The van der Waals surface area contributed by atoms with E-state index in [0.29, 0.717) is 0 Å². The molecule has 0 spiro atoms. The fraction of sp³-hybridized carbons (Fsp3) is 0.875. The van der Waals surface area contributed by atoms with Crippen LogP contribution >= 0.6 is 12.4 Å². The molecule has 2 aliphatic rings. The van der Waals surface area contributed by atoms with E-state index in [1.54, 1.807) is 4.90 Å². The van der Waals surface area contributed by atoms with Crippen LogP contribution in [0.4, 0.5) is 13.2 Å². The van der Waals surface area contributed by atoms with Gasteiger partial charge in [0.15, 0.2) is 0 Å². The van der Waals surface area contributed by atoms with Crippen molar-refractivity contribution in [1.29, 1.82) is 0 Å². The van der Waals surface area contributed by atoms with Gasteiger partial charge in [0.05, 0.1) is 18.4 Å². The van der Waals surface area contributed by atoms with Gasteiger partial charge in [-0.05, 0) is 26.7 Å². The van der Waals surface area contributed by atoms with Crippen LogP contribution in [0.3, 0.4) is 0 Å². The van der Waals surface area contributed by atoms with Crippen molar-refractivity contribution < 1.29 is 27.9 Å². The molecule has 2 atom stereocenters. The average molecular weight is 387 g/mol. The van der Waals surface area contributed by atoms with Crippen LogP contribution in [0, 0.1) is 11.8 Å². The molecule has 0 unspecified atom stereocenters. The normalized spacial score (nSPS) is 25.2. The fourth-order valence-electron chi connectivity index (χ4n) is 3.96. The number of carbonyl (C=O) groups excluding carboxylic acids is 1. The first kappa shape index (κ1) is 22.0. The smallest absolute Gasteiger partial charge is 0.393 e. The molecule has 0 bridgehead atoms. The van der Waals surface area contributed by atoms with E-state index < -0.39 is 30.5 Å². The van der Waals surface area contributed by atoms with Gasteiger partial charge in [0.2, 0.25) is 5.91 Å². The maximum atomic E-state index is 13.0. The molecule has 0 radical (unpaired) electrons. The number of amides is 1. The number of carboxylic acid groups (broad SMARTS) is 1. The Bertz CT molecular complexity index is 482. The van der Waals surface area contributed by atoms with E-state index >= 15 is 0 Å². The van der Waals surface area contributed by atoms with Crippen molar-refractivity contribution >= 4 is 24.3 Å². The monoisotopic (exact) mass is 386 g/mol. The first-order chi connectivity index (χ1) is 11.1. The maximum absolute atomic E-state index is 13.0. The molecule has 1 aliphatic heterocycles. The summed E-state index contributed by atoms with van der Waals surface area (Å²) >= 11 is 0. The van der Waals surface area contributed by atoms with Gasteiger partial charge in [0, 0.05) is 25.2 Å². The topological polar surface area (TPSA) is 60.9 Å². The number of alkyl halides is 3. The zero-order valence-electron chi connectivity index (χ0n) is 14.5. The highest BCUT2D eigenvalue weighted by atomic mass is 35.5. The van der Waals surface area contributed by atoms with Gasteiger partial charge in [-0.25, -0.2) is 0 Å². The zero-order chi connectivity index (χ0) is 18.1. The highest BCUT2D eigenvalue weighted by Crippen LogP contribution is 2.37. The van der Waals surface area contributed by atoms with Gasteiger partial charge < -0.3 is 10.0 Å². The molecule has 1 saturated heterocycles. The third-order valence-corrected chi connectivity index (χ3v) is 5.05. The molecule has 25 heavy (non-hydrogen) atoms. The third-order valence-electron chi connectivity index (χ3n) is 5.05. The molecular formula is C16H26ClF3N2O3. The third kappa shape index (κ3) is 5.23. The second-order valence-corrected chi connectivity index (χ2v) is 7.12. The van der Waals surface area contributed by atoms with Crippen LogP contribution in [0.15, 0.2) is 0 Å². The lowest BCUT2D eigenvalue weighted by Crippen LogP contribution is -2.48. The summed E-state index contributed by atoms with van der Waals surface area (Å²) in [4.78, 5) is 26.8. The summed E-state index contributed by atoms with van der Waals surface area (Å²) in [5, 5.41) is 9.05. The van der Waals surface area contributed by atoms with Crippen molar-refractivity contribution in [2.45, 2.75) is 57.8 Å². The predicted octanol–water partition coefficient (Wildman–Crippen LogP) is 2.78. The molecule has 2 rings (SSSR count). The second kappa shape index (κ2) is 8.58. The molecule has 0 aromatic carbocycles. The number of rotatable bonds is 5. The Morgan fingerprint density at radius 1 is 1.20 bits per heavy atom. The summed E-state index contributed by atoms with van der Waals surface area (Å²) in [5.41, 5.74) is 0. The first-order valence-corrected chi connectivity index (χ1v) is 8.44. The SMILES string of the molecule is CC(C)N(C(=O)CN1C[C@@H](C(F)(F)F)[C@H](C(=O)O)C1)C1CCCC1.Cl. The Balaban J connectivity index is 0.00000312. The molecule has 1 amide bonds. The fourth-order valence-corrected chi connectivity index (χ4v) is 3.96. The largest absolute Gasteiger partial charge is 0.481 e. The van der Waals surface area contributed by atoms with Crippen LogP contribution in [-0.2, 0) is 9.59 Å². The Hall–Kier alpha value is -1.02. The van der Waals surface area contributed by atoms with E-state index in [1.165, 1.54) is 4.90 Å². The summed E-state index contributed by atoms with van der Waals surface area (Å²) in [5.74, 6) is -5.08. The van der Waals surface area contributed by atoms with E-state index in [0.717, 1.165) is 25.7 Å². The predicted molar refractivity (Wildman–Crippen MR) is 88.6 cm³/mol. The summed E-state index contributed by atoms with van der Waals surface area (Å²) < 4.78 is 39.1. The Labute approximate surface area is 151 Å². The van der Waals surface area contributed by atoms with Gasteiger partial charge in [-0.15, -0.1) is 12.4 Å². The Morgan fingerprint density at radius 3 is 2.16 bits per heavy atom. The highest BCUT2D eigenvalue weighted by molar-refractivity contribution is 5.85. The maximum Gasteiger partial charge on any atom is 0.393 e. The van der Waals surface area contributed by atoms with Crippen LogP contribution in [0.25, 0.3) is 0 Å². The van der Waals surface area contributed by atoms with Crippen LogP contribution in [0.1, 0.15) is 39.5 Å².